The summed E-state index contributed by atoms with van der Waals surface area (Å²) >= 11 is 0. The Kier molecular flexibility index (Phi) is 7.07. The van der Waals surface area contributed by atoms with Crippen molar-refractivity contribution < 1.29 is 24.0 Å². The molecule has 0 radical (unpaired) electrons. The fourth-order valence-corrected chi connectivity index (χ4v) is 4.07. The number of nitrogens with zero attached hydrogens (tertiary/aromatic N) is 1. The highest BCUT2D eigenvalue weighted by Gasteiger charge is 2.28. The Morgan fingerprint density at radius 3 is 2.31 bits per heavy atom. The highest BCUT2D eigenvalue weighted by Crippen LogP contribution is 2.44. The minimum Gasteiger partial charge on any atom is -0.465 e. The molecule has 1 N–H and O–H groups in total. The van der Waals surface area contributed by atoms with Gasteiger partial charge in [-0.3, -0.25) is 10.1 Å². The third kappa shape index (κ3) is 5.14. The smallest absolute Gasteiger partial charge is 0.407 e. The maximum atomic E-state index is 12.2. The molecule has 0 atom stereocenters. The molecule has 4 rings (SSSR count). The summed E-state index contributed by atoms with van der Waals surface area (Å²) in [5.74, 6) is 4.92. The van der Waals surface area contributed by atoms with E-state index in [4.69, 9.17) is 4.74 Å². The number of carbonyl (C=O) groups is 2. The van der Waals surface area contributed by atoms with Crippen LogP contribution in [0.1, 0.15) is 39.4 Å². The molecule has 3 aromatic carbocycles. The Balaban J connectivity index is 1.32. The Morgan fingerprint density at radius 2 is 1.69 bits per heavy atom. The van der Waals surface area contributed by atoms with Crippen molar-refractivity contribution in [3.63, 3.8) is 0 Å². The van der Waals surface area contributed by atoms with E-state index in [1.54, 1.807) is 0 Å². The summed E-state index contributed by atoms with van der Waals surface area (Å²) in [4.78, 5) is 34.5. The quantitative estimate of drug-likeness (QED) is 0.185. The zero-order valence-corrected chi connectivity index (χ0v) is 18.9. The maximum Gasteiger partial charge on any atom is 0.407 e. The number of rotatable bonds is 6. The van der Waals surface area contributed by atoms with Gasteiger partial charge in [0.15, 0.2) is 0 Å². The second-order valence-electron chi connectivity index (χ2n) is 7.78. The van der Waals surface area contributed by atoms with E-state index in [0.29, 0.717) is 12.0 Å². The average molecular weight is 470 g/mol. The summed E-state index contributed by atoms with van der Waals surface area (Å²) < 4.78 is 10.2. The van der Waals surface area contributed by atoms with Crippen LogP contribution in [0.25, 0.3) is 11.1 Å². The Hall–Kier alpha value is -4.64. The van der Waals surface area contributed by atoms with Crippen LogP contribution >= 0.6 is 0 Å². The van der Waals surface area contributed by atoms with Crippen molar-refractivity contribution in [2.75, 3.05) is 20.3 Å². The first kappa shape index (κ1) is 23.5. The van der Waals surface area contributed by atoms with Gasteiger partial charge in [-0.25, -0.2) is 9.59 Å². The molecule has 0 aromatic heterocycles. The number of amides is 1. The standard InChI is InChI=1S/C27H22N2O6/c1-34-26(30)24-16-19(29(32)33)14-13-18(24)8-6-7-15-28-27(31)35-17-25-22-11-4-2-9-20(22)21-10-3-5-12-23(21)25/h2-5,9-14,16,25H,7,15,17H2,1H3,(H,28,31). The van der Waals surface area contributed by atoms with Crippen LogP contribution in [0.2, 0.25) is 0 Å². The number of hydrogen-bond acceptors (Lipinski definition) is 6. The molecule has 0 fully saturated rings. The third-order valence-electron chi connectivity index (χ3n) is 5.71. The van der Waals surface area contributed by atoms with Gasteiger partial charge in [0.25, 0.3) is 5.69 Å². The Morgan fingerprint density at radius 1 is 1.03 bits per heavy atom. The van der Waals surface area contributed by atoms with E-state index in [-0.39, 0.29) is 30.3 Å². The van der Waals surface area contributed by atoms with E-state index < -0.39 is 17.0 Å². The van der Waals surface area contributed by atoms with Gasteiger partial charge in [0.1, 0.15) is 6.61 Å². The summed E-state index contributed by atoms with van der Waals surface area (Å²) in [5.41, 5.74) is 4.68. The number of nitrogens with one attached hydrogen (secondary N) is 1. The van der Waals surface area contributed by atoms with E-state index >= 15 is 0 Å². The lowest BCUT2D eigenvalue weighted by molar-refractivity contribution is -0.384. The molecule has 8 nitrogen and oxygen atoms in total. The number of carbonyl (C=O) groups excluding carboxylic acids is 2. The average Bonchev–Trinajstić information content (AvgIpc) is 3.20. The van der Waals surface area contributed by atoms with Crippen LogP contribution in [-0.4, -0.2) is 37.2 Å². The largest absolute Gasteiger partial charge is 0.465 e. The predicted molar refractivity (Wildman–Crippen MR) is 129 cm³/mol. The van der Waals surface area contributed by atoms with E-state index in [1.165, 1.54) is 19.2 Å². The SMILES string of the molecule is COC(=O)c1cc([N+](=O)[O-])ccc1C#CCCNC(=O)OCC1c2ccccc2-c2ccccc21. The van der Waals surface area contributed by atoms with Gasteiger partial charge in [0.05, 0.1) is 17.6 Å². The number of non-ortho nitro benzene ring substituents is 1. The van der Waals surface area contributed by atoms with Gasteiger partial charge in [-0.2, -0.15) is 0 Å². The molecular weight excluding hydrogens is 448 g/mol. The molecule has 0 aliphatic heterocycles. The van der Waals surface area contributed by atoms with Gasteiger partial charge in [0, 0.05) is 36.6 Å². The number of ether oxygens (including phenoxy) is 2. The Bertz CT molecular complexity index is 1310. The van der Waals surface area contributed by atoms with E-state index in [0.717, 1.165) is 28.3 Å². The van der Waals surface area contributed by atoms with Crippen molar-refractivity contribution in [3.8, 4) is 23.0 Å². The molecule has 0 spiro atoms. The molecule has 35 heavy (non-hydrogen) atoms. The molecule has 176 valence electrons. The van der Waals surface area contributed by atoms with Gasteiger partial charge in [0.2, 0.25) is 0 Å². The van der Waals surface area contributed by atoms with Crippen LogP contribution in [0.5, 0.6) is 0 Å². The number of benzene rings is 3. The maximum absolute atomic E-state index is 12.2. The fraction of sp³-hybridized carbons (Fsp3) is 0.185. The van der Waals surface area contributed by atoms with Crippen molar-refractivity contribution in [1.29, 1.82) is 0 Å². The zero-order valence-electron chi connectivity index (χ0n) is 18.9. The van der Waals surface area contributed by atoms with E-state index in [2.05, 4.69) is 46.2 Å². The second-order valence-corrected chi connectivity index (χ2v) is 7.78. The van der Waals surface area contributed by atoms with Gasteiger partial charge < -0.3 is 14.8 Å². The number of methoxy groups -OCH3 is 1. The van der Waals surface area contributed by atoms with Crippen LogP contribution in [0.15, 0.2) is 66.7 Å². The lowest BCUT2D eigenvalue weighted by Crippen LogP contribution is -2.26. The molecule has 8 heteroatoms. The van der Waals surface area contributed by atoms with Crippen molar-refractivity contribution in [3.05, 3.63) is 99.1 Å². The highest BCUT2D eigenvalue weighted by molar-refractivity contribution is 5.93. The van der Waals surface area contributed by atoms with Crippen LogP contribution < -0.4 is 5.32 Å². The normalized spacial score (nSPS) is 11.5. The first-order valence-corrected chi connectivity index (χ1v) is 10.9. The van der Waals surface area contributed by atoms with Gasteiger partial charge >= 0.3 is 12.1 Å². The molecule has 0 bridgehead atoms. The number of alkyl carbamates (subject to hydrolysis) is 1. The number of fused-ring (bicyclic) bond motifs is 3. The lowest BCUT2D eigenvalue weighted by atomic mass is 9.98. The third-order valence-corrected chi connectivity index (χ3v) is 5.71. The number of nitro groups is 1. The van der Waals surface area contributed by atoms with Gasteiger partial charge in [-0.1, -0.05) is 60.4 Å². The number of nitro benzene ring substituents is 1. The van der Waals surface area contributed by atoms with E-state index in [9.17, 15) is 19.7 Å². The molecule has 1 aliphatic carbocycles. The molecule has 0 unspecified atom stereocenters. The van der Waals surface area contributed by atoms with Gasteiger partial charge in [-0.05, 0) is 28.3 Å². The van der Waals surface area contributed by atoms with Crippen LogP contribution in [0.3, 0.4) is 0 Å². The second kappa shape index (κ2) is 10.5. The van der Waals surface area contributed by atoms with Crippen LogP contribution in [0.4, 0.5) is 10.5 Å². The Labute approximate surface area is 202 Å². The van der Waals surface area contributed by atoms with Crippen molar-refractivity contribution in [1.82, 2.24) is 5.32 Å². The minimum absolute atomic E-state index is 0.0127. The summed E-state index contributed by atoms with van der Waals surface area (Å²) in [6.07, 6.45) is -0.249. The summed E-state index contributed by atoms with van der Waals surface area (Å²) in [7, 11) is 1.19. The fourth-order valence-electron chi connectivity index (χ4n) is 4.07. The van der Waals surface area contributed by atoms with E-state index in [1.807, 2.05) is 24.3 Å². The predicted octanol–water partition coefficient (Wildman–Crippen LogP) is 4.66. The first-order valence-electron chi connectivity index (χ1n) is 10.9. The number of hydrogen-bond donors (Lipinski definition) is 1. The van der Waals surface area contributed by atoms with Gasteiger partial charge in [-0.15, -0.1) is 0 Å². The highest BCUT2D eigenvalue weighted by atomic mass is 16.6. The zero-order chi connectivity index (χ0) is 24.8. The van der Waals surface area contributed by atoms with Crippen LogP contribution in [-0.2, 0) is 9.47 Å². The molecule has 3 aromatic rings. The molecule has 1 aliphatic rings. The topological polar surface area (TPSA) is 108 Å². The minimum atomic E-state index is -0.713. The molecule has 0 saturated heterocycles. The first-order chi connectivity index (χ1) is 17.0. The molecular formula is C27H22N2O6. The molecule has 1 amide bonds. The monoisotopic (exact) mass is 470 g/mol. The van der Waals surface area contributed by atoms with Crippen LogP contribution in [0, 0.1) is 22.0 Å². The van der Waals surface area contributed by atoms with Crippen molar-refractivity contribution in [2.45, 2.75) is 12.3 Å². The number of esters is 1. The molecule has 0 saturated carbocycles. The van der Waals surface area contributed by atoms with Crippen molar-refractivity contribution >= 4 is 17.7 Å². The lowest BCUT2D eigenvalue weighted by Gasteiger charge is -2.14. The summed E-state index contributed by atoms with van der Waals surface area (Å²) in [6.45, 7) is 0.459. The summed E-state index contributed by atoms with van der Waals surface area (Å²) in [6, 6.07) is 20.0. The molecule has 0 heterocycles. The van der Waals surface area contributed by atoms with Crippen molar-refractivity contribution in [2.24, 2.45) is 0 Å². The summed E-state index contributed by atoms with van der Waals surface area (Å²) in [5, 5.41) is 13.6.